The van der Waals surface area contributed by atoms with Crippen LogP contribution >= 0.6 is 11.6 Å². The number of likely N-dealkylation sites (N-methyl/N-ethyl adjacent to an activating group) is 2. The first-order chi connectivity index (χ1) is 9.54. The molecule has 0 aromatic heterocycles. The van der Waals surface area contributed by atoms with E-state index in [0.29, 0.717) is 22.3 Å². The number of hydrogen-bond acceptors (Lipinski definition) is 3. The zero-order valence-electron chi connectivity index (χ0n) is 12.1. The Morgan fingerprint density at radius 3 is 3.00 bits per heavy atom. The monoisotopic (exact) mass is 295 g/mol. The third-order valence-electron chi connectivity index (χ3n) is 4.02. The number of benzene rings is 1. The number of hydrogen-bond donors (Lipinski definition) is 1. The summed E-state index contributed by atoms with van der Waals surface area (Å²) < 4.78 is 0. The van der Waals surface area contributed by atoms with Crippen LogP contribution in [-0.2, 0) is 0 Å². The van der Waals surface area contributed by atoms with Gasteiger partial charge in [-0.3, -0.25) is 9.69 Å². The van der Waals surface area contributed by atoms with E-state index in [2.05, 4.69) is 11.8 Å². The average Bonchev–Trinajstić information content (AvgIpc) is 2.88. The van der Waals surface area contributed by atoms with Crippen LogP contribution in [0.1, 0.15) is 30.1 Å². The summed E-state index contributed by atoms with van der Waals surface area (Å²) in [6, 6.07) is 5.64. The van der Waals surface area contributed by atoms with Crippen molar-refractivity contribution < 1.29 is 4.79 Å². The van der Waals surface area contributed by atoms with Gasteiger partial charge in [-0.2, -0.15) is 0 Å². The molecule has 4 nitrogen and oxygen atoms in total. The van der Waals surface area contributed by atoms with Crippen molar-refractivity contribution >= 4 is 23.2 Å². The fourth-order valence-electron chi connectivity index (χ4n) is 2.85. The normalized spacial score (nSPS) is 19.2. The largest absolute Gasteiger partial charge is 0.397 e. The molecule has 110 valence electrons. The molecule has 20 heavy (non-hydrogen) atoms. The quantitative estimate of drug-likeness (QED) is 0.868. The third kappa shape index (κ3) is 3.07. The van der Waals surface area contributed by atoms with Crippen LogP contribution in [0.2, 0.25) is 5.02 Å². The second kappa shape index (κ2) is 6.46. The SMILES string of the molecule is CCN1CCCC1CN(C)C(=O)c1cccc(Cl)c1N. The molecule has 1 saturated heterocycles. The van der Waals surface area contributed by atoms with E-state index in [1.54, 1.807) is 23.1 Å². The summed E-state index contributed by atoms with van der Waals surface area (Å²) in [5.74, 6) is -0.0621. The molecule has 1 unspecified atom stereocenters. The van der Waals surface area contributed by atoms with E-state index >= 15 is 0 Å². The molecule has 0 bridgehead atoms. The maximum absolute atomic E-state index is 12.5. The highest BCUT2D eigenvalue weighted by Gasteiger charge is 2.26. The summed E-state index contributed by atoms with van der Waals surface area (Å²) in [4.78, 5) is 16.6. The number of likely N-dealkylation sites (tertiary alicyclic amines) is 1. The lowest BCUT2D eigenvalue weighted by atomic mass is 10.1. The first kappa shape index (κ1) is 15.1. The number of rotatable bonds is 4. The Hall–Kier alpha value is -1.26. The van der Waals surface area contributed by atoms with Gasteiger partial charge in [0.1, 0.15) is 0 Å². The predicted octanol–water partition coefficient (Wildman–Crippen LogP) is 2.48. The van der Waals surface area contributed by atoms with Crippen molar-refractivity contribution in [1.82, 2.24) is 9.80 Å². The minimum Gasteiger partial charge on any atom is -0.397 e. The Kier molecular flexibility index (Phi) is 4.89. The number of carbonyl (C=O) groups excluding carboxylic acids is 1. The number of anilines is 1. The van der Waals surface area contributed by atoms with E-state index in [1.165, 1.54) is 6.42 Å². The Morgan fingerprint density at radius 2 is 2.30 bits per heavy atom. The van der Waals surface area contributed by atoms with Crippen LogP contribution in [0.5, 0.6) is 0 Å². The van der Waals surface area contributed by atoms with Crippen LogP contribution in [0.25, 0.3) is 0 Å². The Morgan fingerprint density at radius 1 is 1.55 bits per heavy atom. The van der Waals surface area contributed by atoms with Crippen LogP contribution < -0.4 is 5.73 Å². The highest BCUT2D eigenvalue weighted by atomic mass is 35.5. The van der Waals surface area contributed by atoms with Gasteiger partial charge in [0.15, 0.2) is 0 Å². The standard InChI is InChI=1S/C15H22ClN3O/c1-3-19-9-5-6-11(19)10-18(2)15(20)12-7-4-8-13(16)14(12)17/h4,7-8,11H,3,5-6,9-10,17H2,1-2H3. The molecule has 1 fully saturated rings. The molecule has 1 amide bonds. The van der Waals surface area contributed by atoms with E-state index in [0.717, 1.165) is 26.1 Å². The van der Waals surface area contributed by atoms with E-state index < -0.39 is 0 Å². The lowest BCUT2D eigenvalue weighted by molar-refractivity contribution is 0.0755. The highest BCUT2D eigenvalue weighted by Crippen LogP contribution is 2.24. The second-order valence-corrected chi connectivity index (χ2v) is 5.72. The Bertz CT molecular complexity index is 492. The van der Waals surface area contributed by atoms with Crippen molar-refractivity contribution in [1.29, 1.82) is 0 Å². The van der Waals surface area contributed by atoms with Crippen molar-refractivity contribution in [3.8, 4) is 0 Å². The van der Waals surface area contributed by atoms with Gasteiger partial charge in [0.25, 0.3) is 5.91 Å². The van der Waals surface area contributed by atoms with Gasteiger partial charge < -0.3 is 10.6 Å². The van der Waals surface area contributed by atoms with Crippen LogP contribution in [0, 0.1) is 0 Å². The second-order valence-electron chi connectivity index (χ2n) is 5.31. The number of halogens is 1. The molecule has 1 aliphatic heterocycles. The van der Waals surface area contributed by atoms with Gasteiger partial charge in [0, 0.05) is 19.6 Å². The van der Waals surface area contributed by atoms with Gasteiger partial charge in [-0.25, -0.2) is 0 Å². The molecule has 2 rings (SSSR count). The summed E-state index contributed by atoms with van der Waals surface area (Å²) in [5.41, 5.74) is 6.75. The van der Waals surface area contributed by atoms with E-state index in [4.69, 9.17) is 17.3 Å². The molecule has 5 heteroatoms. The molecule has 1 atom stereocenters. The summed E-state index contributed by atoms with van der Waals surface area (Å²) in [6.07, 6.45) is 2.36. The van der Waals surface area contributed by atoms with Gasteiger partial charge in [-0.1, -0.05) is 24.6 Å². The number of amides is 1. The number of nitrogens with zero attached hydrogens (tertiary/aromatic N) is 2. The fourth-order valence-corrected chi connectivity index (χ4v) is 3.02. The third-order valence-corrected chi connectivity index (χ3v) is 4.35. The molecule has 2 N–H and O–H groups in total. The first-order valence-electron chi connectivity index (χ1n) is 7.08. The molecule has 1 aromatic rings. The minimum absolute atomic E-state index is 0.0621. The van der Waals surface area contributed by atoms with Crippen molar-refractivity contribution in [2.24, 2.45) is 0 Å². The fraction of sp³-hybridized carbons (Fsp3) is 0.533. The minimum atomic E-state index is -0.0621. The number of para-hydroxylation sites is 1. The van der Waals surface area contributed by atoms with Crippen molar-refractivity contribution in [2.45, 2.75) is 25.8 Å². The van der Waals surface area contributed by atoms with Gasteiger partial charge in [0.05, 0.1) is 16.3 Å². The lowest BCUT2D eigenvalue weighted by Gasteiger charge is -2.28. The van der Waals surface area contributed by atoms with Crippen LogP contribution in [-0.4, -0.2) is 48.4 Å². The van der Waals surface area contributed by atoms with Crippen LogP contribution in [0.4, 0.5) is 5.69 Å². The topological polar surface area (TPSA) is 49.6 Å². The zero-order chi connectivity index (χ0) is 14.7. The average molecular weight is 296 g/mol. The van der Waals surface area contributed by atoms with E-state index in [-0.39, 0.29) is 5.91 Å². The van der Waals surface area contributed by atoms with Gasteiger partial charge in [-0.05, 0) is 38.1 Å². The summed E-state index contributed by atoms with van der Waals surface area (Å²) >= 11 is 5.97. The molecule has 0 aliphatic carbocycles. The predicted molar refractivity (Wildman–Crippen MR) is 83.1 cm³/mol. The van der Waals surface area contributed by atoms with Gasteiger partial charge in [0.2, 0.25) is 0 Å². The smallest absolute Gasteiger partial charge is 0.255 e. The summed E-state index contributed by atoms with van der Waals surface area (Å²) in [5, 5.41) is 0.431. The summed E-state index contributed by atoms with van der Waals surface area (Å²) in [6.45, 7) is 5.06. The van der Waals surface area contributed by atoms with Crippen LogP contribution in [0.15, 0.2) is 18.2 Å². The number of carbonyl (C=O) groups is 1. The molecule has 0 radical (unpaired) electrons. The maximum atomic E-state index is 12.5. The van der Waals surface area contributed by atoms with Gasteiger partial charge in [-0.15, -0.1) is 0 Å². The highest BCUT2D eigenvalue weighted by molar-refractivity contribution is 6.33. The van der Waals surface area contributed by atoms with Crippen molar-refractivity contribution in [2.75, 3.05) is 32.4 Å². The number of nitrogen functional groups attached to an aromatic ring is 1. The van der Waals surface area contributed by atoms with Crippen LogP contribution in [0.3, 0.4) is 0 Å². The lowest BCUT2D eigenvalue weighted by Crippen LogP contribution is -2.41. The molecular formula is C15H22ClN3O. The molecule has 0 saturated carbocycles. The summed E-state index contributed by atoms with van der Waals surface area (Å²) in [7, 11) is 1.83. The molecule has 0 spiro atoms. The van der Waals surface area contributed by atoms with Gasteiger partial charge >= 0.3 is 0 Å². The first-order valence-corrected chi connectivity index (χ1v) is 7.46. The maximum Gasteiger partial charge on any atom is 0.255 e. The molecule has 1 aromatic carbocycles. The van der Waals surface area contributed by atoms with E-state index in [1.807, 2.05) is 7.05 Å². The number of nitrogens with two attached hydrogens (primary N) is 1. The molecule has 1 heterocycles. The molecular weight excluding hydrogens is 274 g/mol. The van der Waals surface area contributed by atoms with Crippen molar-refractivity contribution in [3.05, 3.63) is 28.8 Å². The van der Waals surface area contributed by atoms with E-state index in [9.17, 15) is 4.79 Å². The van der Waals surface area contributed by atoms with Crippen molar-refractivity contribution in [3.63, 3.8) is 0 Å². The molecule has 1 aliphatic rings. The zero-order valence-corrected chi connectivity index (χ0v) is 12.9. The Balaban J connectivity index is 2.07. The Labute approximate surface area is 125 Å².